The predicted molar refractivity (Wildman–Crippen MR) is 166 cm³/mol. The van der Waals surface area contributed by atoms with E-state index in [9.17, 15) is 9.90 Å². The first-order valence-electron chi connectivity index (χ1n) is 14.9. The number of imidazole rings is 1. The lowest BCUT2D eigenvalue weighted by molar-refractivity contribution is 0.220. The number of likely N-dealkylation sites (N-methyl/N-ethyl adjacent to an activating group) is 2. The number of aromatic hydroxyl groups is 1. The molecule has 0 radical (unpaired) electrons. The van der Waals surface area contributed by atoms with Gasteiger partial charge in [0, 0.05) is 67.7 Å². The molecular formula is C32H36N8O2. The van der Waals surface area contributed by atoms with Crippen molar-refractivity contribution in [1.82, 2.24) is 34.6 Å². The van der Waals surface area contributed by atoms with E-state index in [2.05, 4.69) is 39.1 Å². The van der Waals surface area contributed by atoms with Crippen LogP contribution in [-0.2, 0) is 6.42 Å². The molecule has 4 aliphatic rings. The first-order valence-corrected chi connectivity index (χ1v) is 14.9. The van der Waals surface area contributed by atoms with E-state index in [-0.39, 0.29) is 11.3 Å². The molecular weight excluding hydrogens is 528 g/mol. The number of anilines is 1. The van der Waals surface area contributed by atoms with Gasteiger partial charge in [0.2, 0.25) is 0 Å². The lowest BCUT2D eigenvalue weighted by Crippen LogP contribution is -2.57. The highest BCUT2D eigenvalue weighted by Gasteiger charge is 2.49. The van der Waals surface area contributed by atoms with Crippen LogP contribution in [0.2, 0.25) is 0 Å². The van der Waals surface area contributed by atoms with E-state index in [1.807, 2.05) is 43.6 Å². The van der Waals surface area contributed by atoms with Gasteiger partial charge in [0.05, 0.1) is 17.2 Å². The highest BCUT2D eigenvalue weighted by Crippen LogP contribution is 2.47. The molecule has 2 bridgehead atoms. The molecule has 4 fully saturated rings. The zero-order valence-corrected chi connectivity index (χ0v) is 24.2. The van der Waals surface area contributed by atoms with Crippen LogP contribution in [-0.4, -0.2) is 88.5 Å². The molecule has 10 nitrogen and oxygen atoms in total. The van der Waals surface area contributed by atoms with Gasteiger partial charge in [-0.1, -0.05) is 24.3 Å². The molecule has 3 saturated heterocycles. The average Bonchev–Trinajstić information content (AvgIpc) is 3.67. The molecule has 3 aromatic heterocycles. The van der Waals surface area contributed by atoms with E-state index in [0.717, 1.165) is 71.4 Å². The molecule has 9 rings (SSSR count). The van der Waals surface area contributed by atoms with Crippen molar-refractivity contribution in [2.24, 2.45) is 5.92 Å². The third kappa shape index (κ3) is 3.71. The summed E-state index contributed by atoms with van der Waals surface area (Å²) >= 11 is 0. The highest BCUT2D eigenvalue weighted by molar-refractivity contribution is 6.07. The lowest BCUT2D eigenvalue weighted by Gasteiger charge is -2.43. The maximum atomic E-state index is 14.4. The van der Waals surface area contributed by atoms with E-state index >= 15 is 0 Å². The molecule has 216 valence electrons. The summed E-state index contributed by atoms with van der Waals surface area (Å²) in [5.74, 6) is 2.52. The largest absolute Gasteiger partial charge is 0.508 e. The van der Waals surface area contributed by atoms with Crippen LogP contribution in [0, 0.1) is 5.92 Å². The molecule has 6 heterocycles. The molecule has 10 heteroatoms. The Bertz CT molecular complexity index is 1910. The van der Waals surface area contributed by atoms with Gasteiger partial charge in [0.1, 0.15) is 22.6 Å². The zero-order chi connectivity index (χ0) is 28.7. The molecule has 3 unspecified atom stereocenters. The molecule has 1 aliphatic carbocycles. The number of aromatic nitrogens is 4. The summed E-state index contributed by atoms with van der Waals surface area (Å²) in [4.78, 5) is 29.3. The summed E-state index contributed by atoms with van der Waals surface area (Å²) in [6.45, 7) is 3.52. The lowest BCUT2D eigenvalue weighted by atomic mass is 9.79. The maximum absolute atomic E-state index is 14.4. The Balaban J connectivity index is 1.40. The Morgan fingerprint density at radius 2 is 1.93 bits per heavy atom. The van der Waals surface area contributed by atoms with Crippen molar-refractivity contribution in [3.63, 3.8) is 0 Å². The van der Waals surface area contributed by atoms with Gasteiger partial charge in [0.25, 0.3) is 5.56 Å². The van der Waals surface area contributed by atoms with Crippen molar-refractivity contribution in [1.29, 1.82) is 0 Å². The first-order chi connectivity index (χ1) is 20.4. The molecule has 2 aromatic carbocycles. The summed E-state index contributed by atoms with van der Waals surface area (Å²) in [5, 5.41) is 20.1. The van der Waals surface area contributed by atoms with Crippen LogP contribution in [0.5, 0.6) is 5.75 Å². The topological polar surface area (TPSA) is 103 Å². The second kappa shape index (κ2) is 9.52. The number of pyridine rings is 2. The third-order valence-electron chi connectivity index (χ3n) is 9.70. The highest BCUT2D eigenvalue weighted by atomic mass is 16.3. The minimum atomic E-state index is -0.199. The summed E-state index contributed by atoms with van der Waals surface area (Å²) < 4.78 is 4.07. The number of phenols is 1. The molecule has 3 atom stereocenters. The Labute approximate surface area is 243 Å². The summed E-state index contributed by atoms with van der Waals surface area (Å²) in [6.07, 6.45) is 3.81. The maximum Gasteiger partial charge on any atom is 0.281 e. The van der Waals surface area contributed by atoms with Crippen molar-refractivity contribution in [3.8, 4) is 11.4 Å². The summed E-state index contributed by atoms with van der Waals surface area (Å²) in [7, 11) is 6.18. The fourth-order valence-electron chi connectivity index (χ4n) is 7.29. The van der Waals surface area contributed by atoms with Gasteiger partial charge < -0.3 is 30.1 Å². The van der Waals surface area contributed by atoms with Gasteiger partial charge in [0.15, 0.2) is 5.82 Å². The minimum absolute atomic E-state index is 0.121. The van der Waals surface area contributed by atoms with E-state index in [1.54, 1.807) is 16.7 Å². The van der Waals surface area contributed by atoms with Crippen LogP contribution >= 0.6 is 0 Å². The van der Waals surface area contributed by atoms with Crippen molar-refractivity contribution in [2.45, 2.75) is 31.0 Å². The third-order valence-corrected chi connectivity index (χ3v) is 9.70. The van der Waals surface area contributed by atoms with Gasteiger partial charge in [-0.05, 0) is 51.0 Å². The molecule has 3 aliphatic heterocycles. The number of hydrogen-bond acceptors (Lipinski definition) is 8. The Morgan fingerprint density at radius 1 is 1.10 bits per heavy atom. The molecule has 0 spiro atoms. The number of rotatable bonds is 7. The minimum Gasteiger partial charge on any atom is -0.508 e. The molecule has 1 saturated carbocycles. The molecule has 5 aromatic rings. The van der Waals surface area contributed by atoms with Crippen LogP contribution in [0.1, 0.15) is 18.3 Å². The van der Waals surface area contributed by atoms with Gasteiger partial charge in [-0.25, -0.2) is 9.97 Å². The number of benzene rings is 2. The van der Waals surface area contributed by atoms with E-state index in [1.165, 1.54) is 6.42 Å². The monoisotopic (exact) mass is 564 g/mol. The van der Waals surface area contributed by atoms with E-state index < -0.39 is 0 Å². The van der Waals surface area contributed by atoms with Crippen LogP contribution in [0.3, 0.4) is 0 Å². The van der Waals surface area contributed by atoms with Gasteiger partial charge >= 0.3 is 0 Å². The van der Waals surface area contributed by atoms with Crippen LogP contribution in [0.25, 0.3) is 38.4 Å². The number of phenolic OH excluding ortho intramolecular Hbond substituents is 1. The fourth-order valence-corrected chi connectivity index (χ4v) is 7.29. The predicted octanol–water partition coefficient (Wildman–Crippen LogP) is 2.64. The molecule has 42 heavy (non-hydrogen) atoms. The van der Waals surface area contributed by atoms with Crippen molar-refractivity contribution in [2.75, 3.05) is 52.2 Å². The first kappa shape index (κ1) is 25.7. The van der Waals surface area contributed by atoms with Crippen LogP contribution in [0.4, 0.5) is 5.82 Å². The SMILES string of the molecule is CNCCc1nc2c(N3CC(N(C)C)C3)nc3c(=O)n(-c4cc(O)cc5ccccc45)ccc3c2n1C1C2CNC1C2. The van der Waals surface area contributed by atoms with Crippen LogP contribution < -0.4 is 21.1 Å². The van der Waals surface area contributed by atoms with Gasteiger partial charge in [-0.3, -0.25) is 9.36 Å². The normalized spacial score (nSPS) is 22.0. The molecule has 0 amide bonds. The molecule has 3 N–H and O–H groups in total. The van der Waals surface area contributed by atoms with Crippen LogP contribution in [0.15, 0.2) is 53.5 Å². The standard InChI is InChI=1S/C32H36N8O2/c1-33-10-8-26-35-28-30(40(26)29-19-13-24(29)34-15-19)23-9-11-39(25-14-21(41)12-18-6-4-5-7-22(18)25)32(42)27(23)36-31(28)38-16-20(17-38)37(2)3/h4-7,9,11-12,14,19-20,24,29,33-34,41H,8,10,13,15-17H2,1-3H3. The average molecular weight is 565 g/mol. The number of hydrogen-bond donors (Lipinski definition) is 3. The summed E-state index contributed by atoms with van der Waals surface area (Å²) in [6, 6.07) is 14.4. The Kier molecular flexibility index (Phi) is 5.82. The number of fused-ring (bicyclic) bond motifs is 5. The fraction of sp³-hybridized carbons (Fsp3) is 0.406. The second-order valence-corrected chi connectivity index (χ2v) is 12.3. The van der Waals surface area contributed by atoms with Gasteiger partial charge in [-0.2, -0.15) is 0 Å². The Hall–Kier alpha value is -3.99. The van der Waals surface area contributed by atoms with Crippen molar-refractivity contribution in [3.05, 3.63) is 64.8 Å². The van der Waals surface area contributed by atoms with E-state index in [0.29, 0.717) is 35.2 Å². The quantitative estimate of drug-likeness (QED) is 0.277. The summed E-state index contributed by atoms with van der Waals surface area (Å²) in [5.41, 5.74) is 2.78. The number of nitrogens with one attached hydrogen (secondary N) is 2. The second-order valence-electron chi connectivity index (χ2n) is 12.3. The van der Waals surface area contributed by atoms with Gasteiger partial charge in [-0.15, -0.1) is 0 Å². The zero-order valence-electron chi connectivity index (χ0n) is 24.2. The van der Waals surface area contributed by atoms with Crippen molar-refractivity contribution < 1.29 is 5.11 Å². The number of nitrogens with zero attached hydrogens (tertiary/aromatic N) is 6. The van der Waals surface area contributed by atoms with E-state index in [4.69, 9.17) is 9.97 Å². The smallest absolute Gasteiger partial charge is 0.281 e. The van der Waals surface area contributed by atoms with Crippen molar-refractivity contribution >= 4 is 38.5 Å². The Morgan fingerprint density at radius 3 is 2.67 bits per heavy atom.